The van der Waals surface area contributed by atoms with E-state index in [2.05, 4.69) is 12.2 Å². The van der Waals surface area contributed by atoms with Gasteiger partial charge in [-0.05, 0) is 43.9 Å². The number of hydrogen-bond donors (Lipinski definition) is 1. The van der Waals surface area contributed by atoms with E-state index in [0.717, 1.165) is 23.6 Å². The lowest BCUT2D eigenvalue weighted by atomic mass is 10.0. The van der Waals surface area contributed by atoms with Crippen LogP contribution >= 0.6 is 11.8 Å². The molecule has 2 fully saturated rings. The molecule has 17 heavy (non-hydrogen) atoms. The molecule has 3 aliphatic rings. The van der Waals surface area contributed by atoms with Crippen LogP contribution in [0.5, 0.6) is 0 Å². The van der Waals surface area contributed by atoms with Crippen molar-refractivity contribution < 1.29 is 0 Å². The molecule has 0 amide bonds. The summed E-state index contributed by atoms with van der Waals surface area (Å²) in [7, 11) is 0. The van der Waals surface area contributed by atoms with E-state index >= 15 is 0 Å². The molecule has 1 N–H and O–H groups in total. The number of amidine groups is 1. The fourth-order valence-corrected chi connectivity index (χ4v) is 4.27. The van der Waals surface area contributed by atoms with Gasteiger partial charge in [-0.25, -0.2) is 0 Å². The van der Waals surface area contributed by atoms with Crippen molar-refractivity contribution in [2.75, 3.05) is 6.54 Å². The highest BCUT2D eigenvalue weighted by atomic mass is 32.2. The maximum atomic E-state index is 4.69. The fraction of sp³-hybridized carbons (Fsp3) is 0.929. The van der Waals surface area contributed by atoms with Gasteiger partial charge in [-0.15, -0.1) is 0 Å². The molecule has 3 unspecified atom stereocenters. The van der Waals surface area contributed by atoms with Crippen molar-refractivity contribution in [3.05, 3.63) is 0 Å². The average Bonchev–Trinajstić information content (AvgIpc) is 3.09. The van der Waals surface area contributed by atoms with E-state index in [1.54, 1.807) is 0 Å². The van der Waals surface area contributed by atoms with Gasteiger partial charge in [0.05, 0.1) is 6.54 Å². The normalized spacial score (nSPS) is 38.6. The minimum absolute atomic E-state index is 0.698. The van der Waals surface area contributed by atoms with Crippen molar-refractivity contribution >= 4 is 16.9 Å². The summed E-state index contributed by atoms with van der Waals surface area (Å²) in [6.45, 7) is 3.47. The molecule has 1 heterocycles. The van der Waals surface area contributed by atoms with Gasteiger partial charge < -0.3 is 5.32 Å². The molecule has 0 bridgehead atoms. The third kappa shape index (κ3) is 3.18. The van der Waals surface area contributed by atoms with Crippen molar-refractivity contribution in [3.63, 3.8) is 0 Å². The molecular weight excluding hydrogens is 228 g/mol. The Morgan fingerprint density at radius 1 is 1.12 bits per heavy atom. The standard InChI is InChI=1S/C14H24N2S/c1-10-3-2-4-12(8-5-10)16-14-15-9-13(17-14)11-6-7-11/h10-13H,2-9H2,1H3,(H,15,16). The third-order valence-electron chi connectivity index (χ3n) is 4.41. The number of aliphatic imine (C=N–C) groups is 1. The van der Waals surface area contributed by atoms with Crippen molar-refractivity contribution in [2.45, 2.75) is 63.2 Å². The van der Waals surface area contributed by atoms with Gasteiger partial charge in [0.2, 0.25) is 0 Å². The van der Waals surface area contributed by atoms with Crippen LogP contribution in [0.1, 0.15) is 51.9 Å². The summed E-state index contributed by atoms with van der Waals surface area (Å²) in [6.07, 6.45) is 9.78. The minimum Gasteiger partial charge on any atom is -0.362 e. The summed E-state index contributed by atoms with van der Waals surface area (Å²) < 4.78 is 0. The van der Waals surface area contributed by atoms with Crippen LogP contribution in [0.2, 0.25) is 0 Å². The van der Waals surface area contributed by atoms with Crippen molar-refractivity contribution in [1.29, 1.82) is 0 Å². The van der Waals surface area contributed by atoms with Gasteiger partial charge in [-0.2, -0.15) is 0 Å². The first-order chi connectivity index (χ1) is 8.31. The third-order valence-corrected chi connectivity index (χ3v) is 5.72. The van der Waals surface area contributed by atoms with Crippen LogP contribution in [0.25, 0.3) is 0 Å². The molecular formula is C14H24N2S. The molecule has 2 nitrogen and oxygen atoms in total. The van der Waals surface area contributed by atoms with Crippen LogP contribution in [0, 0.1) is 11.8 Å². The number of rotatable bonds is 2. The predicted octanol–water partition coefficient (Wildman–Crippen LogP) is 3.43. The fourth-order valence-electron chi connectivity index (χ4n) is 2.99. The van der Waals surface area contributed by atoms with E-state index in [0.29, 0.717) is 6.04 Å². The maximum absolute atomic E-state index is 4.69. The van der Waals surface area contributed by atoms with Crippen LogP contribution in [0.3, 0.4) is 0 Å². The smallest absolute Gasteiger partial charge is 0.157 e. The summed E-state index contributed by atoms with van der Waals surface area (Å²) in [5.74, 6) is 1.91. The molecule has 0 radical (unpaired) electrons. The lowest BCUT2D eigenvalue weighted by Gasteiger charge is -2.17. The monoisotopic (exact) mass is 252 g/mol. The molecule has 0 saturated heterocycles. The summed E-state index contributed by atoms with van der Waals surface area (Å²) in [5, 5.41) is 5.76. The van der Waals surface area contributed by atoms with Crippen molar-refractivity contribution in [3.8, 4) is 0 Å². The molecule has 1 aliphatic heterocycles. The van der Waals surface area contributed by atoms with E-state index in [1.807, 2.05) is 11.8 Å². The first kappa shape index (κ1) is 11.9. The first-order valence-electron chi connectivity index (χ1n) is 7.29. The molecule has 2 saturated carbocycles. The molecule has 3 atom stereocenters. The van der Waals surface area contributed by atoms with Crippen LogP contribution < -0.4 is 5.32 Å². The number of hydrogen-bond acceptors (Lipinski definition) is 3. The molecule has 96 valence electrons. The number of nitrogens with zero attached hydrogens (tertiary/aromatic N) is 1. The van der Waals surface area contributed by atoms with E-state index < -0.39 is 0 Å². The summed E-state index contributed by atoms with van der Waals surface area (Å²) in [5.41, 5.74) is 0. The van der Waals surface area contributed by atoms with Gasteiger partial charge in [-0.3, -0.25) is 4.99 Å². The van der Waals surface area contributed by atoms with Gasteiger partial charge in [0.15, 0.2) is 5.17 Å². The van der Waals surface area contributed by atoms with Crippen LogP contribution in [-0.4, -0.2) is 23.0 Å². The minimum atomic E-state index is 0.698. The molecule has 3 heteroatoms. The second-order valence-electron chi connectivity index (χ2n) is 6.09. The van der Waals surface area contributed by atoms with E-state index in [-0.39, 0.29) is 0 Å². The predicted molar refractivity (Wildman–Crippen MR) is 75.6 cm³/mol. The molecule has 3 rings (SSSR count). The first-order valence-corrected chi connectivity index (χ1v) is 8.17. The highest BCUT2D eigenvalue weighted by Gasteiger charge is 2.35. The Balaban J connectivity index is 1.46. The molecule has 0 aromatic carbocycles. The zero-order valence-electron chi connectivity index (χ0n) is 10.8. The molecule has 2 aliphatic carbocycles. The van der Waals surface area contributed by atoms with Crippen molar-refractivity contribution in [2.24, 2.45) is 16.8 Å². The van der Waals surface area contributed by atoms with Gasteiger partial charge in [0, 0.05) is 11.3 Å². The largest absolute Gasteiger partial charge is 0.362 e. The molecule has 0 aromatic heterocycles. The topological polar surface area (TPSA) is 24.4 Å². The van der Waals surface area contributed by atoms with Gasteiger partial charge >= 0.3 is 0 Å². The Morgan fingerprint density at radius 2 is 2.00 bits per heavy atom. The Bertz CT molecular complexity index is 299. The van der Waals surface area contributed by atoms with Gasteiger partial charge in [-0.1, -0.05) is 31.5 Å². The van der Waals surface area contributed by atoms with Gasteiger partial charge in [0.25, 0.3) is 0 Å². The number of nitrogens with one attached hydrogen (secondary N) is 1. The van der Waals surface area contributed by atoms with E-state index in [9.17, 15) is 0 Å². The summed E-state index contributed by atoms with van der Waals surface area (Å²) >= 11 is 2.02. The Morgan fingerprint density at radius 3 is 2.82 bits per heavy atom. The summed E-state index contributed by atoms with van der Waals surface area (Å²) in [6, 6.07) is 0.698. The second kappa shape index (κ2) is 5.21. The van der Waals surface area contributed by atoms with Crippen molar-refractivity contribution in [1.82, 2.24) is 5.32 Å². The van der Waals surface area contributed by atoms with E-state index in [1.165, 1.54) is 50.1 Å². The second-order valence-corrected chi connectivity index (χ2v) is 7.32. The van der Waals surface area contributed by atoms with Crippen LogP contribution in [0.15, 0.2) is 4.99 Å². The zero-order chi connectivity index (χ0) is 11.7. The average molecular weight is 252 g/mol. The molecule has 0 aromatic rings. The lowest BCUT2D eigenvalue weighted by Crippen LogP contribution is -2.32. The quantitative estimate of drug-likeness (QED) is 0.762. The Hall–Kier alpha value is -0.180. The number of thioether (sulfide) groups is 1. The zero-order valence-corrected chi connectivity index (χ0v) is 11.6. The highest BCUT2D eigenvalue weighted by molar-refractivity contribution is 8.14. The SMILES string of the molecule is CC1CCCC(NC2=NCC(C3CC3)S2)CC1. The lowest BCUT2D eigenvalue weighted by molar-refractivity contribution is 0.490. The van der Waals surface area contributed by atoms with Gasteiger partial charge in [0.1, 0.15) is 0 Å². The molecule has 0 spiro atoms. The maximum Gasteiger partial charge on any atom is 0.157 e. The van der Waals surface area contributed by atoms with Crippen LogP contribution in [0.4, 0.5) is 0 Å². The highest BCUT2D eigenvalue weighted by Crippen LogP contribution is 2.41. The van der Waals surface area contributed by atoms with Crippen LogP contribution in [-0.2, 0) is 0 Å². The summed E-state index contributed by atoms with van der Waals surface area (Å²) in [4.78, 5) is 4.69. The Labute approximate surface area is 109 Å². The Kier molecular flexibility index (Phi) is 3.64. The van der Waals surface area contributed by atoms with E-state index in [4.69, 9.17) is 4.99 Å².